The number of esters is 2. The summed E-state index contributed by atoms with van der Waals surface area (Å²) in [6.45, 7) is 12.3. The Labute approximate surface area is 397 Å². The molecule has 4 aromatic carbocycles. The number of hydrogen-bond donors (Lipinski definition) is 0. The Morgan fingerprint density at radius 2 is 0.500 bits per heavy atom. The van der Waals surface area contributed by atoms with Gasteiger partial charge < -0.3 is 37.9 Å². The topological polar surface area (TPSA) is 108 Å². The number of methoxy groups -OCH3 is 2. The number of fused-ring (bicyclic) bond motifs is 6. The van der Waals surface area contributed by atoms with Crippen LogP contribution < -0.4 is 28.4 Å². The Balaban J connectivity index is 1.91. The maximum Gasteiger partial charge on any atom is 0.305 e. The Kier molecular flexibility index (Phi) is 26.3. The maximum atomic E-state index is 11.8. The summed E-state index contributed by atoms with van der Waals surface area (Å²) in [6, 6.07) is 12.9. The Hall–Kier alpha value is -4.60. The molecule has 0 spiro atoms. The van der Waals surface area contributed by atoms with E-state index in [2.05, 4.69) is 64.1 Å². The van der Waals surface area contributed by atoms with Crippen molar-refractivity contribution in [3.05, 3.63) is 36.4 Å². The Morgan fingerprint density at radius 3 is 0.682 bits per heavy atom. The van der Waals surface area contributed by atoms with Gasteiger partial charge in [-0.1, -0.05) is 105 Å². The second-order valence-corrected chi connectivity index (χ2v) is 17.6. The van der Waals surface area contributed by atoms with Crippen molar-refractivity contribution in [3.8, 4) is 34.5 Å². The lowest BCUT2D eigenvalue weighted by molar-refractivity contribution is -0.141. The number of ether oxygens (including phenoxy) is 8. The summed E-state index contributed by atoms with van der Waals surface area (Å²) in [4.78, 5) is 23.5. The first-order chi connectivity index (χ1) is 32.4. The van der Waals surface area contributed by atoms with Crippen LogP contribution in [-0.4, -0.2) is 65.8 Å². The van der Waals surface area contributed by atoms with E-state index in [4.69, 9.17) is 37.9 Å². The van der Waals surface area contributed by atoms with Crippen LogP contribution in [0.2, 0.25) is 0 Å². The molecule has 0 bridgehead atoms. The van der Waals surface area contributed by atoms with Gasteiger partial charge in [-0.05, 0) is 133 Å². The normalized spacial score (nSPS) is 11.3. The van der Waals surface area contributed by atoms with Gasteiger partial charge in [0.2, 0.25) is 0 Å². The van der Waals surface area contributed by atoms with Gasteiger partial charge in [0.15, 0.2) is 34.5 Å². The molecular formula is C56H84O10. The lowest BCUT2D eigenvalue weighted by atomic mass is 9.93. The molecule has 0 aliphatic rings. The van der Waals surface area contributed by atoms with Gasteiger partial charge in [-0.25, -0.2) is 0 Å². The third-order valence-electron chi connectivity index (χ3n) is 12.2. The molecule has 10 heteroatoms. The van der Waals surface area contributed by atoms with Gasteiger partial charge in [0, 0.05) is 12.8 Å². The van der Waals surface area contributed by atoms with Crippen LogP contribution in [0.25, 0.3) is 32.3 Å². The lowest BCUT2D eigenvalue weighted by Crippen LogP contribution is -2.05. The van der Waals surface area contributed by atoms with Crippen LogP contribution in [0, 0.1) is 0 Å². The van der Waals surface area contributed by atoms with E-state index in [0.29, 0.717) is 64.0 Å². The molecule has 0 atom stereocenters. The minimum atomic E-state index is -0.197. The third-order valence-corrected chi connectivity index (χ3v) is 12.2. The van der Waals surface area contributed by atoms with Gasteiger partial charge in [0.05, 0.1) is 53.9 Å². The van der Waals surface area contributed by atoms with Crippen LogP contribution in [0.3, 0.4) is 0 Å². The van der Waals surface area contributed by atoms with Crippen molar-refractivity contribution in [3.63, 3.8) is 0 Å². The largest absolute Gasteiger partial charge is 0.490 e. The first-order valence-corrected chi connectivity index (χ1v) is 25.8. The second kappa shape index (κ2) is 32.2. The molecule has 0 aliphatic carbocycles. The zero-order chi connectivity index (χ0) is 47.2. The Morgan fingerprint density at radius 1 is 0.303 bits per heavy atom. The number of rotatable bonds is 38. The average Bonchev–Trinajstić information content (AvgIpc) is 3.33. The third kappa shape index (κ3) is 18.2. The molecule has 0 aliphatic heterocycles. The molecule has 0 amide bonds. The molecule has 66 heavy (non-hydrogen) atoms. The quantitative estimate of drug-likeness (QED) is 0.0245. The van der Waals surface area contributed by atoms with Gasteiger partial charge >= 0.3 is 11.9 Å². The van der Waals surface area contributed by atoms with Crippen molar-refractivity contribution >= 4 is 44.3 Å². The number of carbonyl (C=O) groups is 2. The summed E-state index contributed by atoms with van der Waals surface area (Å²) in [5.41, 5.74) is 0. The van der Waals surface area contributed by atoms with Gasteiger partial charge in [0.25, 0.3) is 0 Å². The summed E-state index contributed by atoms with van der Waals surface area (Å²) >= 11 is 0. The van der Waals surface area contributed by atoms with Gasteiger partial charge in [-0.3, -0.25) is 9.59 Å². The highest BCUT2D eigenvalue weighted by molar-refractivity contribution is 6.26. The molecule has 0 aromatic heterocycles. The SMILES string of the molecule is CCCCCCOc1cc2c3cc(OCCCCCC)c(OCCCCCC)cc3c3cc(OCCCCCC(=O)OC)c(OCCCCCC(=O)OC)cc3c2cc1OCCCCCC. The molecule has 0 N–H and O–H groups in total. The molecule has 4 rings (SSSR count). The average molecular weight is 917 g/mol. The highest BCUT2D eigenvalue weighted by Crippen LogP contribution is 2.47. The molecule has 0 saturated carbocycles. The van der Waals surface area contributed by atoms with Crippen molar-refractivity contribution in [1.29, 1.82) is 0 Å². The van der Waals surface area contributed by atoms with Gasteiger partial charge in [0.1, 0.15) is 0 Å². The van der Waals surface area contributed by atoms with Crippen LogP contribution >= 0.6 is 0 Å². The van der Waals surface area contributed by atoms with E-state index in [1.165, 1.54) is 52.7 Å². The molecule has 0 fully saturated rings. The van der Waals surface area contributed by atoms with Crippen LogP contribution in [0.1, 0.15) is 182 Å². The minimum Gasteiger partial charge on any atom is -0.490 e. The first-order valence-electron chi connectivity index (χ1n) is 25.8. The van der Waals surface area contributed by atoms with Crippen molar-refractivity contribution in [2.75, 3.05) is 53.9 Å². The zero-order valence-corrected chi connectivity index (χ0v) is 41.8. The molecule has 0 radical (unpaired) electrons. The van der Waals surface area contributed by atoms with E-state index in [1.807, 2.05) is 0 Å². The summed E-state index contributed by atoms with van der Waals surface area (Å²) < 4.78 is 49.4. The predicted octanol–water partition coefficient (Wildman–Crippen LogP) is 15.2. The number of benzene rings is 4. The second-order valence-electron chi connectivity index (χ2n) is 17.6. The van der Waals surface area contributed by atoms with Crippen LogP contribution in [0.4, 0.5) is 0 Å². The highest BCUT2D eigenvalue weighted by Gasteiger charge is 2.21. The van der Waals surface area contributed by atoms with Crippen LogP contribution in [0.5, 0.6) is 34.5 Å². The molecule has 0 heterocycles. The van der Waals surface area contributed by atoms with E-state index < -0.39 is 0 Å². The van der Waals surface area contributed by atoms with Crippen molar-refractivity contribution in [1.82, 2.24) is 0 Å². The first kappa shape index (κ1) is 54.0. The number of carbonyl (C=O) groups excluding carboxylic acids is 2. The minimum absolute atomic E-state index is 0.197. The monoisotopic (exact) mass is 917 g/mol. The zero-order valence-electron chi connectivity index (χ0n) is 41.8. The summed E-state index contributed by atoms with van der Waals surface area (Å²) in [5.74, 6) is 3.92. The van der Waals surface area contributed by atoms with Crippen molar-refractivity contribution in [2.45, 2.75) is 182 Å². The molecule has 0 unspecified atom stereocenters. The van der Waals surface area contributed by atoms with Crippen molar-refractivity contribution < 1.29 is 47.5 Å². The van der Waals surface area contributed by atoms with E-state index in [1.54, 1.807) is 0 Å². The summed E-state index contributed by atoms with van der Waals surface area (Å²) in [5, 5.41) is 6.15. The van der Waals surface area contributed by atoms with Crippen molar-refractivity contribution in [2.24, 2.45) is 0 Å². The fourth-order valence-corrected chi connectivity index (χ4v) is 8.20. The molecule has 10 nitrogen and oxygen atoms in total. The fraction of sp³-hybridized carbons (Fsp3) is 0.643. The number of unbranched alkanes of at least 4 members (excludes halogenated alkanes) is 16. The molecule has 0 saturated heterocycles. The van der Waals surface area contributed by atoms with Crippen LogP contribution in [0.15, 0.2) is 36.4 Å². The van der Waals surface area contributed by atoms with E-state index in [9.17, 15) is 9.59 Å². The Bertz CT molecular complexity index is 1870. The van der Waals surface area contributed by atoms with E-state index >= 15 is 0 Å². The van der Waals surface area contributed by atoms with Gasteiger partial charge in [-0.2, -0.15) is 0 Å². The predicted molar refractivity (Wildman–Crippen MR) is 269 cm³/mol. The number of hydrogen-bond acceptors (Lipinski definition) is 10. The summed E-state index contributed by atoms with van der Waals surface area (Å²) in [6.07, 6.45) is 23.2. The van der Waals surface area contributed by atoms with E-state index in [0.717, 1.165) is 158 Å². The lowest BCUT2D eigenvalue weighted by Gasteiger charge is -2.21. The summed E-state index contributed by atoms with van der Waals surface area (Å²) in [7, 11) is 2.85. The van der Waals surface area contributed by atoms with Crippen LogP contribution in [-0.2, 0) is 19.1 Å². The standard InChI is InChI=1S/C56H84O10/c1-7-11-15-23-31-61-49-37-43-44-38-50(62-32-24-16-12-8-2)52(64-34-26-18-14-10-4)40-46(44)48-42-54(66-36-28-20-22-30-56(58)60-6)53(65-35-27-19-21-29-55(57)59-5)41-47(48)45(43)39-51(49)63-33-25-17-13-9-3/h37-42H,7-36H2,1-6H3. The smallest absolute Gasteiger partial charge is 0.305 e. The molecule has 368 valence electrons. The fourth-order valence-electron chi connectivity index (χ4n) is 8.20. The molecular weight excluding hydrogens is 833 g/mol. The maximum absolute atomic E-state index is 11.8. The highest BCUT2D eigenvalue weighted by atomic mass is 16.5. The van der Waals surface area contributed by atoms with E-state index in [-0.39, 0.29) is 11.9 Å². The van der Waals surface area contributed by atoms with Gasteiger partial charge in [-0.15, -0.1) is 0 Å². The molecule has 4 aromatic rings.